The van der Waals surface area contributed by atoms with Gasteiger partial charge < -0.3 is 9.53 Å². The maximum absolute atomic E-state index is 10.9. The minimum absolute atomic E-state index is 0.0764. The van der Waals surface area contributed by atoms with E-state index in [0.717, 1.165) is 24.0 Å². The van der Waals surface area contributed by atoms with Gasteiger partial charge in [-0.25, -0.2) is 0 Å². The molecule has 1 aromatic rings. The molecule has 0 bridgehead atoms. The zero-order chi connectivity index (χ0) is 10.1. The number of carbonyl (C=O) groups is 1. The third-order valence-corrected chi connectivity index (χ3v) is 2.68. The van der Waals surface area contributed by atoms with Crippen molar-refractivity contribution in [1.29, 1.82) is 0 Å². The van der Waals surface area contributed by atoms with Gasteiger partial charge in [-0.2, -0.15) is 0 Å². The van der Waals surface area contributed by atoms with Crippen LogP contribution in [0.1, 0.15) is 24.8 Å². The molecule has 1 aliphatic rings. The van der Waals surface area contributed by atoms with Gasteiger partial charge in [-0.15, -0.1) is 0 Å². The summed E-state index contributed by atoms with van der Waals surface area (Å²) in [5, 5.41) is 0.647. The quantitative estimate of drug-likeness (QED) is 0.667. The zero-order valence-corrected chi connectivity index (χ0v) is 8.62. The van der Waals surface area contributed by atoms with Gasteiger partial charge in [-0.05, 0) is 31.5 Å². The van der Waals surface area contributed by atoms with Gasteiger partial charge in [0.05, 0.1) is 6.10 Å². The van der Waals surface area contributed by atoms with Crippen molar-refractivity contribution in [2.24, 2.45) is 0 Å². The van der Waals surface area contributed by atoms with Gasteiger partial charge in [0.1, 0.15) is 12.0 Å². The number of aldehydes is 1. The molecule has 0 spiro atoms. The van der Waals surface area contributed by atoms with E-state index in [1.54, 1.807) is 6.07 Å². The first-order valence-corrected chi connectivity index (χ1v) is 5.00. The van der Waals surface area contributed by atoms with E-state index in [9.17, 15) is 4.79 Å². The number of halogens is 1. The van der Waals surface area contributed by atoms with Gasteiger partial charge in [0.15, 0.2) is 0 Å². The number of fused-ring (bicyclic) bond motifs is 1. The van der Waals surface area contributed by atoms with Crippen LogP contribution in [0, 0.1) is 0 Å². The molecule has 2 nitrogen and oxygen atoms in total. The Kier molecular flexibility index (Phi) is 2.46. The molecular formula is C11H11ClO2. The molecule has 1 heterocycles. The first kappa shape index (κ1) is 9.53. The van der Waals surface area contributed by atoms with Crippen LogP contribution in [0.4, 0.5) is 0 Å². The summed E-state index contributed by atoms with van der Waals surface area (Å²) < 4.78 is 5.60. The van der Waals surface area contributed by atoms with Crippen molar-refractivity contribution in [3.8, 4) is 5.75 Å². The van der Waals surface area contributed by atoms with Gasteiger partial charge in [-0.1, -0.05) is 11.6 Å². The summed E-state index contributed by atoms with van der Waals surface area (Å²) >= 11 is 5.86. The molecule has 0 fully saturated rings. The summed E-state index contributed by atoms with van der Waals surface area (Å²) in [6.45, 7) is 1.97. The molecule has 0 amide bonds. The minimum Gasteiger partial charge on any atom is -0.490 e. The Labute approximate surface area is 87.8 Å². The van der Waals surface area contributed by atoms with Gasteiger partial charge in [0.25, 0.3) is 0 Å². The van der Waals surface area contributed by atoms with Crippen molar-refractivity contribution in [2.45, 2.75) is 25.4 Å². The fourth-order valence-corrected chi connectivity index (χ4v) is 1.98. The lowest BCUT2D eigenvalue weighted by molar-refractivity contribution is -0.110. The van der Waals surface area contributed by atoms with Crippen LogP contribution >= 0.6 is 11.6 Å². The van der Waals surface area contributed by atoms with Gasteiger partial charge in [0, 0.05) is 16.5 Å². The van der Waals surface area contributed by atoms with E-state index < -0.39 is 0 Å². The molecule has 0 aliphatic carbocycles. The molecule has 1 aliphatic heterocycles. The van der Waals surface area contributed by atoms with Gasteiger partial charge in [0.2, 0.25) is 0 Å². The molecule has 74 valence electrons. The van der Waals surface area contributed by atoms with E-state index in [1.807, 2.05) is 19.1 Å². The Hall–Kier alpha value is -1.02. The predicted molar refractivity (Wildman–Crippen MR) is 55.0 cm³/mol. The van der Waals surface area contributed by atoms with Crippen LogP contribution in [0.2, 0.25) is 5.02 Å². The largest absolute Gasteiger partial charge is 0.490 e. The van der Waals surface area contributed by atoms with E-state index in [4.69, 9.17) is 16.3 Å². The lowest BCUT2D eigenvalue weighted by atomic mass is 9.91. The zero-order valence-electron chi connectivity index (χ0n) is 7.87. The Morgan fingerprint density at radius 3 is 3.07 bits per heavy atom. The second kappa shape index (κ2) is 3.62. The smallest absolute Gasteiger partial charge is 0.127 e. The highest BCUT2D eigenvalue weighted by Crippen LogP contribution is 2.36. The average molecular weight is 211 g/mol. The van der Waals surface area contributed by atoms with Crippen LogP contribution in [-0.2, 0) is 4.79 Å². The highest BCUT2D eigenvalue weighted by Gasteiger charge is 2.25. The summed E-state index contributed by atoms with van der Waals surface area (Å²) in [5.74, 6) is 0.706. The molecule has 2 unspecified atom stereocenters. The SMILES string of the molecule is CC1CC(C=O)c2cc(Cl)ccc2O1. The number of carbonyl (C=O) groups excluding carboxylic acids is 1. The summed E-state index contributed by atoms with van der Waals surface area (Å²) in [7, 11) is 0. The average Bonchev–Trinajstić information content (AvgIpc) is 2.17. The molecule has 3 heteroatoms. The van der Waals surface area contributed by atoms with Crippen LogP contribution in [0.25, 0.3) is 0 Å². The van der Waals surface area contributed by atoms with E-state index in [0.29, 0.717) is 5.02 Å². The first-order chi connectivity index (χ1) is 6.70. The first-order valence-electron chi connectivity index (χ1n) is 4.62. The predicted octanol–water partition coefficient (Wildman–Crippen LogP) is 2.79. The number of ether oxygens (including phenoxy) is 1. The molecule has 1 aromatic carbocycles. The molecule has 14 heavy (non-hydrogen) atoms. The van der Waals surface area contributed by atoms with E-state index in [2.05, 4.69) is 0 Å². The van der Waals surface area contributed by atoms with Crippen LogP contribution in [0.3, 0.4) is 0 Å². The Bertz CT molecular complexity index is 362. The lowest BCUT2D eigenvalue weighted by Crippen LogP contribution is -2.23. The second-order valence-electron chi connectivity index (χ2n) is 3.59. The lowest BCUT2D eigenvalue weighted by Gasteiger charge is -2.27. The Balaban J connectivity index is 2.46. The molecule has 0 saturated heterocycles. The van der Waals surface area contributed by atoms with Crippen LogP contribution in [0.15, 0.2) is 18.2 Å². The van der Waals surface area contributed by atoms with Crippen LogP contribution < -0.4 is 4.74 Å². The van der Waals surface area contributed by atoms with Crippen molar-refractivity contribution in [2.75, 3.05) is 0 Å². The number of hydrogen-bond acceptors (Lipinski definition) is 2. The summed E-state index contributed by atoms with van der Waals surface area (Å²) in [6.07, 6.45) is 1.80. The fourth-order valence-electron chi connectivity index (χ4n) is 1.79. The maximum Gasteiger partial charge on any atom is 0.127 e. The molecule has 2 atom stereocenters. The number of benzene rings is 1. The summed E-state index contributed by atoms with van der Waals surface area (Å²) in [6, 6.07) is 5.41. The van der Waals surface area contributed by atoms with E-state index >= 15 is 0 Å². The molecular weight excluding hydrogens is 200 g/mol. The second-order valence-corrected chi connectivity index (χ2v) is 4.03. The standard InChI is InChI=1S/C11H11ClO2/c1-7-4-8(6-13)10-5-9(12)2-3-11(10)14-7/h2-3,5-8H,4H2,1H3. The Morgan fingerprint density at radius 1 is 1.57 bits per heavy atom. The molecule has 2 rings (SSSR count). The monoisotopic (exact) mass is 210 g/mol. The minimum atomic E-state index is -0.0764. The van der Waals surface area contributed by atoms with Crippen molar-refractivity contribution >= 4 is 17.9 Å². The molecule has 0 saturated carbocycles. The van der Waals surface area contributed by atoms with E-state index in [1.165, 1.54) is 0 Å². The van der Waals surface area contributed by atoms with Crippen molar-refractivity contribution in [3.05, 3.63) is 28.8 Å². The molecule has 0 radical (unpaired) electrons. The van der Waals surface area contributed by atoms with Gasteiger partial charge in [-0.3, -0.25) is 0 Å². The van der Waals surface area contributed by atoms with Gasteiger partial charge >= 0.3 is 0 Å². The fraction of sp³-hybridized carbons (Fsp3) is 0.364. The summed E-state index contributed by atoms with van der Waals surface area (Å²) in [4.78, 5) is 10.9. The number of rotatable bonds is 1. The van der Waals surface area contributed by atoms with E-state index in [-0.39, 0.29) is 12.0 Å². The third-order valence-electron chi connectivity index (χ3n) is 2.45. The van der Waals surface area contributed by atoms with Crippen molar-refractivity contribution in [1.82, 2.24) is 0 Å². The number of hydrogen-bond donors (Lipinski definition) is 0. The highest BCUT2D eigenvalue weighted by molar-refractivity contribution is 6.30. The van der Waals surface area contributed by atoms with Crippen molar-refractivity contribution in [3.63, 3.8) is 0 Å². The maximum atomic E-state index is 10.9. The highest BCUT2D eigenvalue weighted by atomic mass is 35.5. The molecule has 0 aromatic heterocycles. The van der Waals surface area contributed by atoms with Crippen LogP contribution in [-0.4, -0.2) is 12.4 Å². The topological polar surface area (TPSA) is 26.3 Å². The van der Waals surface area contributed by atoms with Crippen molar-refractivity contribution < 1.29 is 9.53 Å². The summed E-state index contributed by atoms with van der Waals surface area (Å²) in [5.41, 5.74) is 0.908. The normalized spacial score (nSPS) is 25.0. The van der Waals surface area contributed by atoms with Crippen LogP contribution in [0.5, 0.6) is 5.75 Å². The third kappa shape index (κ3) is 1.62. The Morgan fingerprint density at radius 2 is 2.36 bits per heavy atom. The molecule has 0 N–H and O–H groups in total.